The van der Waals surface area contributed by atoms with Gasteiger partial charge in [-0.2, -0.15) is 0 Å². The molecule has 1 aliphatic carbocycles. The Morgan fingerprint density at radius 2 is 2.00 bits per heavy atom. The molecule has 1 aromatic rings. The molecule has 1 heterocycles. The number of nitrogens with zero attached hydrogens (tertiary/aromatic N) is 1. The summed E-state index contributed by atoms with van der Waals surface area (Å²) in [6.45, 7) is 8.37. The third-order valence-electron chi connectivity index (χ3n) is 3.89. The Balaban J connectivity index is 2.10. The molecular weight excluding hydrogens is 248 g/mol. The van der Waals surface area contributed by atoms with Crippen molar-refractivity contribution in [2.24, 2.45) is 0 Å². The highest BCUT2D eigenvalue weighted by Crippen LogP contribution is 2.25. The van der Waals surface area contributed by atoms with Crippen LogP contribution in [-0.4, -0.2) is 17.6 Å². The van der Waals surface area contributed by atoms with Gasteiger partial charge in [0.2, 0.25) is 5.88 Å². The number of hydrogen-bond acceptors (Lipinski definition) is 3. The number of rotatable bonds is 6. The first kappa shape index (κ1) is 15.3. The van der Waals surface area contributed by atoms with Crippen molar-refractivity contribution >= 4 is 0 Å². The standard InChI is InChI=1S/C17H28N2O/c1-4-18-12-14-10-16(13(2)3)19-17(11-14)20-15-8-6-5-7-9-15/h10-11,13,15,18H,4-9,12H2,1-3H3. The first-order chi connectivity index (χ1) is 9.69. The third-order valence-corrected chi connectivity index (χ3v) is 3.89. The molecule has 0 aromatic carbocycles. The normalized spacial score (nSPS) is 16.6. The van der Waals surface area contributed by atoms with Gasteiger partial charge in [0.1, 0.15) is 6.10 Å². The van der Waals surface area contributed by atoms with Gasteiger partial charge in [0.25, 0.3) is 0 Å². The van der Waals surface area contributed by atoms with Crippen molar-refractivity contribution in [1.29, 1.82) is 0 Å². The molecule has 1 saturated carbocycles. The molecule has 112 valence electrons. The van der Waals surface area contributed by atoms with E-state index in [4.69, 9.17) is 4.74 Å². The Kier molecular flexibility index (Phi) is 5.84. The van der Waals surface area contributed by atoms with Crippen LogP contribution in [0.25, 0.3) is 0 Å². The molecule has 3 heteroatoms. The summed E-state index contributed by atoms with van der Waals surface area (Å²) in [5.74, 6) is 1.25. The maximum Gasteiger partial charge on any atom is 0.214 e. The van der Waals surface area contributed by atoms with Gasteiger partial charge in [0, 0.05) is 18.3 Å². The first-order valence-corrected chi connectivity index (χ1v) is 8.07. The highest BCUT2D eigenvalue weighted by Gasteiger charge is 2.16. The van der Waals surface area contributed by atoms with Crippen molar-refractivity contribution in [3.05, 3.63) is 23.4 Å². The van der Waals surface area contributed by atoms with Crippen LogP contribution in [0.2, 0.25) is 0 Å². The second-order valence-electron chi connectivity index (χ2n) is 6.05. The molecule has 0 bridgehead atoms. The van der Waals surface area contributed by atoms with Crippen LogP contribution < -0.4 is 10.1 Å². The molecule has 0 radical (unpaired) electrons. The fraction of sp³-hybridized carbons (Fsp3) is 0.706. The summed E-state index contributed by atoms with van der Waals surface area (Å²) in [4.78, 5) is 4.69. The highest BCUT2D eigenvalue weighted by atomic mass is 16.5. The molecule has 0 atom stereocenters. The fourth-order valence-corrected chi connectivity index (χ4v) is 2.66. The maximum absolute atomic E-state index is 6.13. The van der Waals surface area contributed by atoms with E-state index in [0.717, 1.165) is 24.7 Å². The Bertz CT molecular complexity index is 411. The molecule has 1 fully saturated rings. The topological polar surface area (TPSA) is 34.1 Å². The largest absolute Gasteiger partial charge is 0.474 e. The summed E-state index contributed by atoms with van der Waals surface area (Å²) in [5.41, 5.74) is 2.41. The smallest absolute Gasteiger partial charge is 0.214 e. The lowest BCUT2D eigenvalue weighted by Crippen LogP contribution is -2.21. The van der Waals surface area contributed by atoms with Gasteiger partial charge in [0.05, 0.1) is 0 Å². The molecule has 0 saturated heterocycles. The first-order valence-electron chi connectivity index (χ1n) is 8.07. The molecule has 0 amide bonds. The van der Waals surface area contributed by atoms with Crippen LogP contribution in [0.5, 0.6) is 5.88 Å². The number of ether oxygens (including phenoxy) is 1. The molecule has 1 aliphatic rings. The van der Waals surface area contributed by atoms with E-state index in [1.807, 2.05) is 0 Å². The van der Waals surface area contributed by atoms with Crippen LogP contribution in [0.1, 0.15) is 70.1 Å². The number of aromatic nitrogens is 1. The monoisotopic (exact) mass is 276 g/mol. The van der Waals surface area contributed by atoms with Crippen LogP contribution in [0, 0.1) is 0 Å². The van der Waals surface area contributed by atoms with Gasteiger partial charge in [-0.3, -0.25) is 0 Å². The minimum absolute atomic E-state index is 0.366. The van der Waals surface area contributed by atoms with E-state index in [9.17, 15) is 0 Å². The molecule has 1 N–H and O–H groups in total. The van der Waals surface area contributed by atoms with Crippen molar-refractivity contribution in [2.75, 3.05) is 6.54 Å². The zero-order chi connectivity index (χ0) is 14.4. The lowest BCUT2D eigenvalue weighted by molar-refractivity contribution is 0.148. The Morgan fingerprint density at radius 1 is 1.25 bits per heavy atom. The second-order valence-corrected chi connectivity index (χ2v) is 6.05. The van der Waals surface area contributed by atoms with Crippen LogP contribution in [0.3, 0.4) is 0 Å². The lowest BCUT2D eigenvalue weighted by atomic mass is 9.98. The number of nitrogens with one attached hydrogen (secondary N) is 1. The average Bonchev–Trinajstić information content (AvgIpc) is 2.46. The zero-order valence-corrected chi connectivity index (χ0v) is 13.1. The van der Waals surface area contributed by atoms with Crippen LogP contribution >= 0.6 is 0 Å². The summed E-state index contributed by atoms with van der Waals surface area (Å²) >= 11 is 0. The van der Waals surface area contributed by atoms with E-state index in [1.54, 1.807) is 0 Å². The Morgan fingerprint density at radius 3 is 2.65 bits per heavy atom. The fourth-order valence-electron chi connectivity index (χ4n) is 2.66. The highest BCUT2D eigenvalue weighted by molar-refractivity contribution is 5.27. The molecule has 1 aromatic heterocycles. The molecular formula is C17H28N2O. The molecule has 0 unspecified atom stereocenters. The predicted molar refractivity (Wildman–Crippen MR) is 83.2 cm³/mol. The number of hydrogen-bond donors (Lipinski definition) is 1. The zero-order valence-electron chi connectivity index (χ0n) is 13.1. The van der Waals surface area contributed by atoms with Crippen molar-refractivity contribution in [3.63, 3.8) is 0 Å². The van der Waals surface area contributed by atoms with Crippen molar-refractivity contribution in [2.45, 2.75) is 71.4 Å². The van der Waals surface area contributed by atoms with Crippen LogP contribution in [0.4, 0.5) is 0 Å². The minimum atomic E-state index is 0.366. The van der Waals surface area contributed by atoms with E-state index in [0.29, 0.717) is 12.0 Å². The van der Waals surface area contributed by atoms with E-state index in [-0.39, 0.29) is 0 Å². The summed E-state index contributed by atoms with van der Waals surface area (Å²) in [6.07, 6.45) is 6.65. The van der Waals surface area contributed by atoms with E-state index in [1.165, 1.54) is 37.7 Å². The number of pyridine rings is 1. The van der Waals surface area contributed by atoms with Gasteiger partial charge in [0.15, 0.2) is 0 Å². The van der Waals surface area contributed by atoms with Crippen molar-refractivity contribution in [3.8, 4) is 5.88 Å². The molecule has 0 aliphatic heterocycles. The molecule has 0 spiro atoms. The van der Waals surface area contributed by atoms with E-state index >= 15 is 0 Å². The van der Waals surface area contributed by atoms with Gasteiger partial charge in [-0.1, -0.05) is 27.2 Å². The van der Waals surface area contributed by atoms with E-state index < -0.39 is 0 Å². The van der Waals surface area contributed by atoms with Gasteiger partial charge in [-0.25, -0.2) is 4.98 Å². The van der Waals surface area contributed by atoms with Crippen LogP contribution in [0.15, 0.2) is 12.1 Å². The maximum atomic E-state index is 6.13. The van der Waals surface area contributed by atoms with Crippen molar-refractivity contribution in [1.82, 2.24) is 10.3 Å². The predicted octanol–water partition coefficient (Wildman–Crippen LogP) is 4.03. The van der Waals surface area contributed by atoms with Gasteiger partial charge in [-0.15, -0.1) is 0 Å². The lowest BCUT2D eigenvalue weighted by Gasteiger charge is -2.23. The quantitative estimate of drug-likeness (QED) is 0.852. The molecule has 3 nitrogen and oxygen atoms in total. The summed E-state index contributed by atoms with van der Waals surface area (Å²) in [6, 6.07) is 4.30. The van der Waals surface area contributed by atoms with Gasteiger partial charge < -0.3 is 10.1 Å². The second kappa shape index (κ2) is 7.63. The summed E-state index contributed by atoms with van der Waals surface area (Å²) in [5, 5.41) is 3.38. The van der Waals surface area contributed by atoms with Gasteiger partial charge >= 0.3 is 0 Å². The van der Waals surface area contributed by atoms with Crippen molar-refractivity contribution < 1.29 is 4.74 Å². The van der Waals surface area contributed by atoms with E-state index in [2.05, 4.69) is 43.2 Å². The average molecular weight is 276 g/mol. The Labute approximate surface area is 123 Å². The minimum Gasteiger partial charge on any atom is -0.474 e. The van der Waals surface area contributed by atoms with Gasteiger partial charge in [-0.05, 0) is 49.8 Å². The van der Waals surface area contributed by atoms with Crippen LogP contribution in [-0.2, 0) is 6.54 Å². The molecule has 20 heavy (non-hydrogen) atoms. The molecule has 2 rings (SSSR count). The summed E-state index contributed by atoms with van der Waals surface area (Å²) in [7, 11) is 0. The summed E-state index contributed by atoms with van der Waals surface area (Å²) < 4.78 is 6.13. The Hall–Kier alpha value is -1.09. The SMILES string of the molecule is CCNCc1cc(OC2CCCCC2)nc(C(C)C)c1. The third kappa shape index (κ3) is 4.48.